The van der Waals surface area contributed by atoms with Crippen molar-refractivity contribution in [2.45, 2.75) is 0 Å². The fraction of sp³-hybridized carbons (Fsp3) is 0.125. The van der Waals surface area contributed by atoms with Crippen LogP contribution in [0, 0.1) is 0 Å². The Labute approximate surface area is 155 Å². The number of carbonyl (C=O) groups is 2. The number of carboxylic acids is 2. The first-order chi connectivity index (χ1) is 11.3. The van der Waals surface area contributed by atoms with Crippen LogP contribution >= 0.6 is 0 Å². The zero-order chi connectivity index (χ0) is 18.5. The van der Waals surface area contributed by atoms with E-state index in [1.165, 1.54) is 0 Å². The normalized spacial score (nSPS) is 8.24. The molecular weight excluding hydrogens is 372 g/mol. The molecule has 0 amide bonds. The summed E-state index contributed by atoms with van der Waals surface area (Å²) in [7, 11) is 3.22. The minimum Gasteiger partial charge on any atom is -0.699 e. The molecule has 4 N–H and O–H groups in total. The van der Waals surface area contributed by atoms with Gasteiger partial charge in [0.2, 0.25) is 0 Å². The summed E-state index contributed by atoms with van der Waals surface area (Å²) >= 11 is 0. The van der Waals surface area contributed by atoms with Crippen molar-refractivity contribution < 1.29 is 46.3 Å². The van der Waals surface area contributed by atoms with E-state index in [0.717, 1.165) is 11.5 Å². The second-order valence-corrected chi connectivity index (χ2v) is 4.07. The van der Waals surface area contributed by atoms with Crippen molar-refractivity contribution in [1.29, 1.82) is 0 Å². The van der Waals surface area contributed by atoms with Crippen molar-refractivity contribution in [2.24, 2.45) is 0 Å². The van der Waals surface area contributed by atoms with Gasteiger partial charge in [0.15, 0.2) is 0 Å². The molecule has 2 rings (SSSR count). The maximum absolute atomic E-state index is 9.10. The number of ether oxygens (including phenoxy) is 2. The van der Waals surface area contributed by atoms with Gasteiger partial charge in [-0.2, -0.15) is 0 Å². The van der Waals surface area contributed by atoms with Crippen molar-refractivity contribution in [3.63, 3.8) is 0 Å². The number of hydrogen-bond donors (Lipinski definition) is 2. The van der Waals surface area contributed by atoms with Gasteiger partial charge >= 0.3 is 29.0 Å². The largest absolute Gasteiger partial charge is 4.00 e. The Kier molecular flexibility index (Phi) is 13.2. The van der Waals surface area contributed by atoms with Crippen LogP contribution in [0.5, 0.6) is 11.5 Å². The van der Waals surface area contributed by atoms with Crippen LogP contribution < -0.4 is 9.47 Å². The number of carboxylic acid groups (broad SMARTS) is 2. The minimum absolute atomic E-state index is 0. The number of benzene rings is 2. The summed E-state index contributed by atoms with van der Waals surface area (Å²) in [6, 6.07) is 13.8. The van der Waals surface area contributed by atoms with Gasteiger partial charge in [-0.3, -0.25) is 0 Å². The molecule has 0 aliphatic heterocycles. The summed E-state index contributed by atoms with van der Waals surface area (Å²) in [5, 5.41) is 14.8. The van der Waals surface area contributed by atoms with Gasteiger partial charge in [-0.15, -0.1) is 11.4 Å². The summed E-state index contributed by atoms with van der Waals surface area (Å²) < 4.78 is 9.77. The van der Waals surface area contributed by atoms with Gasteiger partial charge in [-0.1, -0.05) is 24.3 Å². The molecule has 0 aliphatic carbocycles. The van der Waals surface area contributed by atoms with Crippen LogP contribution in [0.25, 0.3) is 11.5 Å². The Morgan fingerprint density at radius 2 is 0.960 bits per heavy atom. The quantitative estimate of drug-likeness (QED) is 0.588. The molecule has 0 spiro atoms. The maximum atomic E-state index is 9.10. The molecule has 0 aliphatic rings. The second kappa shape index (κ2) is 13.5. The molecule has 0 unspecified atom stereocenters. The van der Waals surface area contributed by atoms with Crippen LogP contribution in [-0.2, 0) is 26.7 Å². The van der Waals surface area contributed by atoms with Crippen LogP contribution in [-0.4, -0.2) is 36.4 Å². The first-order valence-electron chi connectivity index (χ1n) is 6.47. The van der Waals surface area contributed by atoms with Gasteiger partial charge in [0, 0.05) is 0 Å². The van der Waals surface area contributed by atoms with Crippen molar-refractivity contribution in [3.05, 3.63) is 60.0 Å². The van der Waals surface area contributed by atoms with E-state index in [1.54, 1.807) is 62.8 Å². The molecule has 9 heteroatoms. The summed E-state index contributed by atoms with van der Waals surface area (Å²) in [6.45, 7) is 0. The molecule has 134 valence electrons. The van der Waals surface area contributed by atoms with Crippen LogP contribution in [0.3, 0.4) is 0 Å². The molecule has 0 saturated carbocycles. The smallest absolute Gasteiger partial charge is 0.699 e. The summed E-state index contributed by atoms with van der Waals surface area (Å²) in [5.74, 6) is -2.05. The van der Waals surface area contributed by atoms with Gasteiger partial charge in [0.05, 0.1) is 14.2 Å². The predicted octanol–water partition coefficient (Wildman–Crippen LogP) is 3.91. The molecule has 2 aromatic carbocycles. The van der Waals surface area contributed by atoms with Crippen LogP contribution in [0.4, 0.5) is 11.4 Å². The molecule has 0 aromatic heterocycles. The SMILES string of the molecule is COc1ccc([NH-])cc1.COc1ccc([NH-])cc1.O=C(O)C(=O)O.[Fe+4]. The van der Waals surface area contributed by atoms with Gasteiger partial charge in [0.1, 0.15) is 11.5 Å². The summed E-state index contributed by atoms with van der Waals surface area (Å²) in [6.07, 6.45) is 0. The third-order valence-corrected chi connectivity index (χ3v) is 2.36. The van der Waals surface area contributed by atoms with E-state index >= 15 is 0 Å². The minimum atomic E-state index is -1.82. The van der Waals surface area contributed by atoms with Gasteiger partial charge in [0.25, 0.3) is 0 Å². The standard InChI is InChI=1S/2C7H8NO.C2H2O4.Fe/c2*1-9-7-4-2-6(8)3-5-7;3-1(4)2(5)6;/h2*2-5,8H,1H3;(H,3,4)(H,5,6);/q2*-1;;+4. The number of hydrogen-bond acceptors (Lipinski definition) is 4. The summed E-state index contributed by atoms with van der Waals surface area (Å²) in [5.41, 5.74) is 15.2. The second-order valence-electron chi connectivity index (χ2n) is 4.07. The van der Waals surface area contributed by atoms with Crippen molar-refractivity contribution in [1.82, 2.24) is 0 Å². The zero-order valence-electron chi connectivity index (χ0n) is 13.5. The molecule has 2 aromatic rings. The zero-order valence-corrected chi connectivity index (χ0v) is 14.6. The number of rotatable bonds is 2. The first kappa shape index (κ1) is 24.4. The molecule has 0 heterocycles. The topological polar surface area (TPSA) is 141 Å². The first-order valence-corrected chi connectivity index (χ1v) is 6.47. The Morgan fingerprint density at radius 1 is 0.720 bits per heavy atom. The van der Waals surface area contributed by atoms with E-state index in [1.807, 2.05) is 0 Å². The molecule has 0 radical (unpaired) electrons. The van der Waals surface area contributed by atoms with E-state index in [9.17, 15) is 0 Å². The van der Waals surface area contributed by atoms with E-state index < -0.39 is 11.9 Å². The third-order valence-electron chi connectivity index (χ3n) is 2.36. The van der Waals surface area contributed by atoms with Gasteiger partial charge < -0.3 is 31.2 Å². The van der Waals surface area contributed by atoms with E-state index in [2.05, 4.69) is 0 Å². The Balaban J connectivity index is 0. The van der Waals surface area contributed by atoms with Crippen molar-refractivity contribution in [2.75, 3.05) is 14.2 Å². The average Bonchev–Trinajstić information content (AvgIpc) is 2.57. The maximum Gasteiger partial charge on any atom is 4.00 e. The number of aliphatic carboxylic acids is 2. The van der Waals surface area contributed by atoms with Crippen LogP contribution in [0.1, 0.15) is 0 Å². The monoisotopic (exact) mass is 390 g/mol. The molecule has 0 fully saturated rings. The molecule has 8 nitrogen and oxygen atoms in total. The fourth-order valence-corrected chi connectivity index (χ4v) is 1.18. The van der Waals surface area contributed by atoms with E-state index in [-0.39, 0.29) is 17.1 Å². The van der Waals surface area contributed by atoms with Crippen LogP contribution in [0.2, 0.25) is 0 Å². The van der Waals surface area contributed by atoms with Crippen molar-refractivity contribution >= 4 is 23.3 Å². The van der Waals surface area contributed by atoms with Gasteiger partial charge in [-0.05, 0) is 24.3 Å². The molecular formula is C16H18FeN2O6+2. The summed E-state index contributed by atoms with van der Waals surface area (Å²) in [4.78, 5) is 18.2. The Bertz CT molecular complexity index is 575. The molecule has 25 heavy (non-hydrogen) atoms. The van der Waals surface area contributed by atoms with E-state index in [4.69, 9.17) is 40.7 Å². The number of methoxy groups -OCH3 is 2. The molecule has 0 atom stereocenters. The molecule has 0 bridgehead atoms. The Morgan fingerprint density at radius 3 is 1.12 bits per heavy atom. The third kappa shape index (κ3) is 12.2. The van der Waals surface area contributed by atoms with Gasteiger partial charge in [-0.25, -0.2) is 9.59 Å². The predicted molar refractivity (Wildman–Crippen MR) is 89.2 cm³/mol. The van der Waals surface area contributed by atoms with E-state index in [0.29, 0.717) is 11.4 Å². The van der Waals surface area contributed by atoms with Crippen molar-refractivity contribution in [3.8, 4) is 11.5 Å². The fourth-order valence-electron chi connectivity index (χ4n) is 1.18. The Hall–Kier alpha value is -2.90. The average molecular weight is 390 g/mol. The molecule has 0 saturated heterocycles. The van der Waals surface area contributed by atoms with Crippen LogP contribution in [0.15, 0.2) is 48.5 Å². The number of nitrogens with one attached hydrogen (secondary N) is 2.